The molecule has 0 aliphatic carbocycles. The van der Waals surface area contributed by atoms with E-state index in [4.69, 9.17) is 4.42 Å². The van der Waals surface area contributed by atoms with Crippen LogP contribution in [0.4, 0.5) is 0 Å². The summed E-state index contributed by atoms with van der Waals surface area (Å²) in [5.74, 6) is 0.605. The topological polar surface area (TPSA) is 57.5 Å². The summed E-state index contributed by atoms with van der Waals surface area (Å²) in [5, 5.41) is 6.16. The van der Waals surface area contributed by atoms with E-state index in [0.717, 1.165) is 32.7 Å². The summed E-state index contributed by atoms with van der Waals surface area (Å²) in [6.07, 6.45) is 4.75. The Morgan fingerprint density at radius 3 is 3.06 bits per heavy atom. The number of amides is 1. The van der Waals surface area contributed by atoms with Gasteiger partial charge >= 0.3 is 0 Å². The van der Waals surface area contributed by atoms with Gasteiger partial charge in [-0.15, -0.1) is 0 Å². The first-order valence-corrected chi connectivity index (χ1v) is 6.27. The Hall–Kier alpha value is -1.59. The van der Waals surface area contributed by atoms with Crippen LogP contribution in [0.2, 0.25) is 0 Å². The number of hydrogen-bond donors (Lipinski definition) is 2. The van der Waals surface area contributed by atoms with Crippen molar-refractivity contribution in [2.24, 2.45) is 0 Å². The maximum Gasteiger partial charge on any atom is 0.244 e. The number of hydrogen-bond acceptors (Lipinski definition) is 4. The van der Waals surface area contributed by atoms with Gasteiger partial charge in [-0.1, -0.05) is 0 Å². The molecule has 0 spiro atoms. The smallest absolute Gasteiger partial charge is 0.244 e. The summed E-state index contributed by atoms with van der Waals surface area (Å²) in [7, 11) is 0. The van der Waals surface area contributed by atoms with Crippen molar-refractivity contribution < 1.29 is 9.21 Å². The van der Waals surface area contributed by atoms with Gasteiger partial charge in [-0.25, -0.2) is 0 Å². The number of furan rings is 1. The number of piperazine rings is 1. The summed E-state index contributed by atoms with van der Waals surface area (Å²) in [5.41, 5.74) is 0. The Balaban J connectivity index is 1.62. The maximum atomic E-state index is 11.5. The van der Waals surface area contributed by atoms with E-state index in [9.17, 15) is 4.79 Å². The first kappa shape index (κ1) is 12.9. The summed E-state index contributed by atoms with van der Waals surface area (Å²) >= 11 is 0. The minimum Gasteiger partial charge on any atom is -0.465 e. The Morgan fingerprint density at radius 1 is 1.50 bits per heavy atom. The minimum atomic E-state index is -0.0819. The van der Waals surface area contributed by atoms with Gasteiger partial charge in [-0.05, 0) is 18.2 Å². The Kier molecular flexibility index (Phi) is 4.99. The number of carbonyl (C=O) groups excluding carboxylic acids is 1. The fourth-order valence-electron chi connectivity index (χ4n) is 1.87. The van der Waals surface area contributed by atoms with E-state index in [-0.39, 0.29) is 5.91 Å². The first-order valence-electron chi connectivity index (χ1n) is 6.27. The third kappa shape index (κ3) is 4.35. The van der Waals surface area contributed by atoms with Gasteiger partial charge in [0.15, 0.2) is 0 Å². The van der Waals surface area contributed by atoms with E-state index in [1.807, 2.05) is 6.07 Å². The highest BCUT2D eigenvalue weighted by molar-refractivity contribution is 5.91. The van der Waals surface area contributed by atoms with Gasteiger partial charge in [0, 0.05) is 45.3 Å². The summed E-state index contributed by atoms with van der Waals surface area (Å²) < 4.78 is 5.10. The zero-order valence-corrected chi connectivity index (χ0v) is 10.4. The van der Waals surface area contributed by atoms with Crippen LogP contribution in [-0.4, -0.2) is 50.1 Å². The van der Waals surface area contributed by atoms with Crippen molar-refractivity contribution in [1.82, 2.24) is 15.5 Å². The fourth-order valence-corrected chi connectivity index (χ4v) is 1.87. The van der Waals surface area contributed by atoms with Crippen LogP contribution in [0.15, 0.2) is 28.9 Å². The molecule has 18 heavy (non-hydrogen) atoms. The average molecular weight is 249 g/mol. The molecule has 2 rings (SSSR count). The van der Waals surface area contributed by atoms with Gasteiger partial charge in [-0.3, -0.25) is 9.69 Å². The maximum absolute atomic E-state index is 11.5. The van der Waals surface area contributed by atoms with Gasteiger partial charge in [-0.2, -0.15) is 0 Å². The molecule has 0 aromatic carbocycles. The predicted octanol–water partition coefficient (Wildman–Crippen LogP) is 0.314. The molecule has 2 N–H and O–H groups in total. The largest absolute Gasteiger partial charge is 0.465 e. The van der Waals surface area contributed by atoms with Crippen molar-refractivity contribution in [3.63, 3.8) is 0 Å². The number of nitrogens with zero attached hydrogens (tertiary/aromatic N) is 1. The molecule has 2 heterocycles. The normalized spacial score (nSPS) is 17.1. The molecule has 5 heteroatoms. The second-order valence-corrected chi connectivity index (χ2v) is 4.23. The summed E-state index contributed by atoms with van der Waals surface area (Å²) in [6.45, 7) is 5.76. The summed E-state index contributed by atoms with van der Waals surface area (Å²) in [6, 6.07) is 3.60. The number of rotatable bonds is 5. The van der Waals surface area contributed by atoms with Crippen LogP contribution >= 0.6 is 0 Å². The second-order valence-electron chi connectivity index (χ2n) is 4.23. The average Bonchev–Trinajstić information content (AvgIpc) is 2.91. The molecule has 1 amide bonds. The molecule has 1 aromatic heterocycles. The minimum absolute atomic E-state index is 0.0819. The lowest BCUT2D eigenvalue weighted by molar-refractivity contribution is -0.116. The Bertz CT molecular complexity index is 381. The van der Waals surface area contributed by atoms with Crippen LogP contribution < -0.4 is 10.6 Å². The van der Waals surface area contributed by atoms with E-state index in [1.54, 1.807) is 18.4 Å². The molecule has 1 aliphatic rings. The molecule has 0 saturated carbocycles. The third-order valence-electron chi connectivity index (χ3n) is 2.88. The van der Waals surface area contributed by atoms with Gasteiger partial charge < -0.3 is 15.1 Å². The molecular weight excluding hydrogens is 230 g/mol. The monoisotopic (exact) mass is 249 g/mol. The Morgan fingerprint density at radius 2 is 2.33 bits per heavy atom. The molecule has 98 valence electrons. The van der Waals surface area contributed by atoms with Gasteiger partial charge in [0.05, 0.1) is 6.26 Å². The van der Waals surface area contributed by atoms with Crippen LogP contribution in [0.25, 0.3) is 6.08 Å². The van der Waals surface area contributed by atoms with Gasteiger partial charge in [0.2, 0.25) is 5.91 Å². The third-order valence-corrected chi connectivity index (χ3v) is 2.88. The van der Waals surface area contributed by atoms with E-state index in [0.29, 0.717) is 12.3 Å². The molecule has 5 nitrogen and oxygen atoms in total. The SMILES string of the molecule is O=C(/C=C/c1ccco1)NCCN1CCNCC1. The van der Waals surface area contributed by atoms with Gasteiger partial charge in [0.25, 0.3) is 0 Å². The number of nitrogens with one attached hydrogen (secondary N) is 2. The van der Waals surface area contributed by atoms with Crippen LogP contribution in [0.5, 0.6) is 0 Å². The van der Waals surface area contributed by atoms with E-state index in [1.165, 1.54) is 6.08 Å². The van der Waals surface area contributed by atoms with Gasteiger partial charge in [0.1, 0.15) is 5.76 Å². The molecule has 0 atom stereocenters. The molecule has 0 radical (unpaired) electrons. The van der Waals surface area contributed by atoms with Crippen LogP contribution in [0.3, 0.4) is 0 Å². The molecule has 1 aromatic rings. The quantitative estimate of drug-likeness (QED) is 0.738. The predicted molar refractivity (Wildman–Crippen MR) is 70.1 cm³/mol. The Labute approximate surface area is 107 Å². The summed E-state index contributed by atoms with van der Waals surface area (Å²) in [4.78, 5) is 13.8. The van der Waals surface area contributed by atoms with E-state index in [2.05, 4.69) is 15.5 Å². The van der Waals surface area contributed by atoms with Crippen LogP contribution in [0, 0.1) is 0 Å². The lowest BCUT2D eigenvalue weighted by Gasteiger charge is -2.26. The molecule has 0 bridgehead atoms. The second kappa shape index (κ2) is 6.98. The fraction of sp³-hybridized carbons (Fsp3) is 0.462. The zero-order valence-electron chi connectivity index (χ0n) is 10.4. The number of carbonyl (C=O) groups is 1. The lowest BCUT2D eigenvalue weighted by atomic mass is 10.3. The van der Waals surface area contributed by atoms with Crippen molar-refractivity contribution >= 4 is 12.0 Å². The zero-order chi connectivity index (χ0) is 12.6. The van der Waals surface area contributed by atoms with Crippen molar-refractivity contribution in [2.75, 3.05) is 39.3 Å². The van der Waals surface area contributed by atoms with Crippen molar-refractivity contribution in [3.05, 3.63) is 30.2 Å². The standard InChI is InChI=1S/C13H19N3O2/c17-13(4-3-12-2-1-11-18-12)15-7-10-16-8-5-14-6-9-16/h1-4,11,14H,5-10H2,(H,15,17)/b4-3+. The van der Waals surface area contributed by atoms with Crippen molar-refractivity contribution in [1.29, 1.82) is 0 Å². The first-order chi connectivity index (χ1) is 8.84. The van der Waals surface area contributed by atoms with Crippen molar-refractivity contribution in [3.8, 4) is 0 Å². The molecule has 1 fully saturated rings. The molecule has 0 unspecified atom stereocenters. The van der Waals surface area contributed by atoms with Crippen LogP contribution in [-0.2, 0) is 4.79 Å². The molecule has 1 saturated heterocycles. The highest BCUT2D eigenvalue weighted by Crippen LogP contribution is 2.01. The van der Waals surface area contributed by atoms with E-state index < -0.39 is 0 Å². The van der Waals surface area contributed by atoms with E-state index >= 15 is 0 Å². The highest BCUT2D eigenvalue weighted by atomic mass is 16.3. The lowest BCUT2D eigenvalue weighted by Crippen LogP contribution is -2.46. The van der Waals surface area contributed by atoms with Crippen molar-refractivity contribution in [2.45, 2.75) is 0 Å². The van der Waals surface area contributed by atoms with Crippen LogP contribution in [0.1, 0.15) is 5.76 Å². The molecular formula is C13H19N3O2. The highest BCUT2D eigenvalue weighted by Gasteiger charge is 2.08. The molecule has 1 aliphatic heterocycles.